The zero-order valence-electron chi connectivity index (χ0n) is 15.5. The fraction of sp³-hybridized carbons (Fsp3) is 0.316. The van der Waals surface area contributed by atoms with Crippen LogP contribution in [0.25, 0.3) is 0 Å². The maximum absolute atomic E-state index is 12.2. The van der Waals surface area contributed by atoms with Gasteiger partial charge in [0.15, 0.2) is 0 Å². The number of benzene rings is 2. The standard InChI is InChI=1S/C19H23BrN2O3S2/c1-14-4-7-17(8-5-14)26-11-10-21-19(23)13-22(27(3,24)25)16-6-9-18(20)15(2)12-16/h4-9,12H,10-11,13H2,1-3H3,(H,21,23). The highest BCUT2D eigenvalue weighted by Gasteiger charge is 2.21. The number of nitrogens with one attached hydrogen (secondary N) is 1. The van der Waals surface area contributed by atoms with Crippen molar-refractivity contribution in [3.8, 4) is 0 Å². The van der Waals surface area contributed by atoms with Gasteiger partial charge in [0.1, 0.15) is 6.54 Å². The van der Waals surface area contributed by atoms with Gasteiger partial charge in [0.25, 0.3) is 0 Å². The number of anilines is 1. The molecule has 1 amide bonds. The van der Waals surface area contributed by atoms with Crippen molar-refractivity contribution in [3.05, 3.63) is 58.1 Å². The zero-order valence-corrected chi connectivity index (χ0v) is 18.7. The van der Waals surface area contributed by atoms with Crippen LogP contribution >= 0.6 is 27.7 Å². The minimum atomic E-state index is -3.57. The molecule has 2 rings (SSSR count). The van der Waals surface area contributed by atoms with Crippen LogP contribution in [0.1, 0.15) is 11.1 Å². The van der Waals surface area contributed by atoms with Crippen LogP contribution in [0.2, 0.25) is 0 Å². The normalized spacial score (nSPS) is 11.3. The molecule has 0 fully saturated rings. The van der Waals surface area contributed by atoms with Gasteiger partial charge < -0.3 is 5.32 Å². The Kier molecular flexibility index (Phi) is 7.76. The van der Waals surface area contributed by atoms with E-state index in [2.05, 4.69) is 21.2 Å². The van der Waals surface area contributed by atoms with Crippen LogP contribution in [0.4, 0.5) is 5.69 Å². The van der Waals surface area contributed by atoms with Crippen molar-refractivity contribution in [2.75, 3.05) is 29.4 Å². The van der Waals surface area contributed by atoms with Gasteiger partial charge in [-0.1, -0.05) is 33.6 Å². The topological polar surface area (TPSA) is 66.5 Å². The number of carbonyl (C=O) groups is 1. The van der Waals surface area contributed by atoms with E-state index in [0.717, 1.165) is 25.5 Å². The Labute approximate surface area is 173 Å². The maximum Gasteiger partial charge on any atom is 0.240 e. The summed E-state index contributed by atoms with van der Waals surface area (Å²) in [5.41, 5.74) is 2.58. The third-order valence-corrected chi connectivity index (χ3v) is 6.88. The number of hydrogen-bond donors (Lipinski definition) is 1. The zero-order chi connectivity index (χ0) is 20.0. The Balaban J connectivity index is 1.92. The highest BCUT2D eigenvalue weighted by atomic mass is 79.9. The van der Waals surface area contributed by atoms with Crippen LogP contribution in [0.5, 0.6) is 0 Å². The fourth-order valence-corrected chi connectivity index (χ4v) is 4.23. The lowest BCUT2D eigenvalue weighted by Crippen LogP contribution is -2.41. The molecule has 8 heteroatoms. The number of rotatable bonds is 8. The summed E-state index contributed by atoms with van der Waals surface area (Å²) >= 11 is 5.04. The first-order valence-electron chi connectivity index (χ1n) is 8.37. The third kappa shape index (κ3) is 6.86. The molecule has 0 saturated heterocycles. The summed E-state index contributed by atoms with van der Waals surface area (Å²) in [6.07, 6.45) is 1.10. The molecular formula is C19H23BrN2O3S2. The minimum absolute atomic E-state index is 0.241. The molecule has 0 bridgehead atoms. The molecule has 0 saturated carbocycles. The highest BCUT2D eigenvalue weighted by molar-refractivity contribution is 9.10. The van der Waals surface area contributed by atoms with Crippen LogP contribution in [0, 0.1) is 13.8 Å². The van der Waals surface area contributed by atoms with E-state index in [9.17, 15) is 13.2 Å². The van der Waals surface area contributed by atoms with Crippen LogP contribution in [-0.4, -0.2) is 39.4 Å². The summed E-state index contributed by atoms with van der Waals surface area (Å²) in [5.74, 6) is 0.385. The molecule has 0 heterocycles. The van der Waals surface area contributed by atoms with E-state index >= 15 is 0 Å². The largest absolute Gasteiger partial charge is 0.354 e. The molecule has 0 aliphatic rings. The molecular weight excluding hydrogens is 448 g/mol. The molecule has 146 valence electrons. The van der Waals surface area contributed by atoms with Crippen molar-refractivity contribution in [2.24, 2.45) is 0 Å². The van der Waals surface area contributed by atoms with Crippen LogP contribution in [0.3, 0.4) is 0 Å². The molecule has 5 nitrogen and oxygen atoms in total. The summed E-state index contributed by atoms with van der Waals surface area (Å²) in [5, 5.41) is 2.79. The van der Waals surface area contributed by atoms with E-state index in [1.165, 1.54) is 5.56 Å². The minimum Gasteiger partial charge on any atom is -0.354 e. The van der Waals surface area contributed by atoms with Gasteiger partial charge in [-0.15, -0.1) is 11.8 Å². The van der Waals surface area contributed by atoms with Gasteiger partial charge in [-0.2, -0.15) is 0 Å². The number of sulfonamides is 1. The van der Waals surface area contributed by atoms with E-state index in [1.807, 2.05) is 38.1 Å². The lowest BCUT2D eigenvalue weighted by molar-refractivity contribution is -0.119. The van der Waals surface area contributed by atoms with Crippen molar-refractivity contribution in [1.82, 2.24) is 5.32 Å². The first-order valence-corrected chi connectivity index (χ1v) is 12.0. The molecule has 2 aromatic carbocycles. The SMILES string of the molecule is Cc1ccc(SCCNC(=O)CN(c2ccc(Br)c(C)c2)S(C)(=O)=O)cc1. The van der Waals surface area contributed by atoms with Gasteiger partial charge in [-0.05, 0) is 49.7 Å². The second kappa shape index (κ2) is 9.61. The van der Waals surface area contributed by atoms with E-state index in [-0.39, 0.29) is 12.5 Å². The van der Waals surface area contributed by atoms with Gasteiger partial charge in [-0.25, -0.2) is 8.42 Å². The Morgan fingerprint density at radius 1 is 1.15 bits per heavy atom. The monoisotopic (exact) mass is 470 g/mol. The second-order valence-electron chi connectivity index (χ2n) is 6.21. The summed E-state index contributed by atoms with van der Waals surface area (Å²) < 4.78 is 26.3. The molecule has 27 heavy (non-hydrogen) atoms. The predicted molar refractivity (Wildman–Crippen MR) is 116 cm³/mol. The first-order chi connectivity index (χ1) is 12.7. The van der Waals surface area contributed by atoms with Crippen LogP contribution in [-0.2, 0) is 14.8 Å². The lowest BCUT2D eigenvalue weighted by atomic mass is 10.2. The van der Waals surface area contributed by atoms with Gasteiger partial charge in [0.2, 0.25) is 15.9 Å². The van der Waals surface area contributed by atoms with E-state index in [0.29, 0.717) is 18.0 Å². The van der Waals surface area contributed by atoms with Crippen molar-refractivity contribution in [3.63, 3.8) is 0 Å². The molecule has 0 unspecified atom stereocenters. The molecule has 0 aromatic heterocycles. The number of halogens is 1. The lowest BCUT2D eigenvalue weighted by Gasteiger charge is -2.22. The average Bonchev–Trinajstić information content (AvgIpc) is 2.60. The van der Waals surface area contributed by atoms with Crippen LogP contribution < -0.4 is 9.62 Å². The molecule has 0 aliphatic carbocycles. The smallest absolute Gasteiger partial charge is 0.240 e. The molecule has 2 aromatic rings. The summed E-state index contributed by atoms with van der Waals surface area (Å²) in [4.78, 5) is 13.4. The number of hydrogen-bond acceptors (Lipinski definition) is 4. The summed E-state index contributed by atoms with van der Waals surface area (Å²) in [6.45, 7) is 4.13. The molecule has 0 aliphatic heterocycles. The summed E-state index contributed by atoms with van der Waals surface area (Å²) in [6, 6.07) is 13.4. The Bertz CT molecular complexity index is 900. The van der Waals surface area contributed by atoms with Crippen molar-refractivity contribution in [1.29, 1.82) is 0 Å². The van der Waals surface area contributed by atoms with Gasteiger partial charge in [0, 0.05) is 21.7 Å². The number of thioether (sulfide) groups is 1. The number of amides is 1. The Morgan fingerprint density at radius 2 is 1.81 bits per heavy atom. The Hall–Kier alpha value is -1.51. The third-order valence-electron chi connectivity index (χ3n) is 3.83. The van der Waals surface area contributed by atoms with Gasteiger partial charge in [0.05, 0.1) is 11.9 Å². The molecule has 0 atom stereocenters. The number of carbonyl (C=O) groups excluding carboxylic acids is 1. The second-order valence-corrected chi connectivity index (χ2v) is 10.1. The van der Waals surface area contributed by atoms with E-state index in [1.54, 1.807) is 30.0 Å². The number of nitrogens with zero attached hydrogens (tertiary/aromatic N) is 1. The predicted octanol–water partition coefficient (Wildman–Crippen LogP) is 3.74. The van der Waals surface area contributed by atoms with Crippen molar-refractivity contribution in [2.45, 2.75) is 18.7 Å². The van der Waals surface area contributed by atoms with Crippen molar-refractivity contribution < 1.29 is 13.2 Å². The average molecular weight is 471 g/mol. The highest BCUT2D eigenvalue weighted by Crippen LogP contribution is 2.24. The van der Waals surface area contributed by atoms with Gasteiger partial charge in [-0.3, -0.25) is 9.10 Å². The summed E-state index contributed by atoms with van der Waals surface area (Å²) in [7, 11) is -3.57. The van der Waals surface area contributed by atoms with Crippen molar-refractivity contribution >= 4 is 49.3 Å². The molecule has 0 spiro atoms. The van der Waals surface area contributed by atoms with E-state index < -0.39 is 10.0 Å². The Morgan fingerprint density at radius 3 is 2.41 bits per heavy atom. The fourth-order valence-electron chi connectivity index (χ4n) is 2.36. The maximum atomic E-state index is 12.2. The van der Waals surface area contributed by atoms with Gasteiger partial charge >= 0.3 is 0 Å². The first kappa shape index (κ1) is 21.8. The number of aryl methyl sites for hydroxylation is 2. The molecule has 0 radical (unpaired) electrons. The molecule has 1 N–H and O–H groups in total. The van der Waals surface area contributed by atoms with E-state index in [4.69, 9.17) is 0 Å². The van der Waals surface area contributed by atoms with Crippen LogP contribution in [0.15, 0.2) is 51.8 Å². The quantitative estimate of drug-likeness (QED) is 0.471.